The molecule has 1 aromatic rings. The monoisotopic (exact) mass is 264 g/mol. The topological polar surface area (TPSA) is 92.8 Å². The van der Waals surface area contributed by atoms with Crippen molar-refractivity contribution < 1.29 is 9.94 Å². The van der Waals surface area contributed by atoms with Gasteiger partial charge in [-0.15, -0.1) is 0 Å². The van der Waals surface area contributed by atoms with E-state index in [4.69, 9.17) is 15.7 Å². The van der Waals surface area contributed by atoms with Gasteiger partial charge >= 0.3 is 0 Å². The van der Waals surface area contributed by atoms with Gasteiger partial charge in [0.2, 0.25) is 0 Å². The molecule has 1 aliphatic heterocycles. The van der Waals surface area contributed by atoms with Crippen molar-refractivity contribution in [1.82, 2.24) is 10.3 Å². The molecule has 0 radical (unpaired) electrons. The van der Waals surface area contributed by atoms with Crippen LogP contribution >= 0.6 is 0 Å². The van der Waals surface area contributed by atoms with Gasteiger partial charge in [-0.25, -0.2) is 0 Å². The van der Waals surface area contributed by atoms with Gasteiger partial charge in [-0.2, -0.15) is 0 Å². The summed E-state index contributed by atoms with van der Waals surface area (Å²) in [7, 11) is 0. The summed E-state index contributed by atoms with van der Waals surface area (Å²) in [6.07, 6.45) is 5.41. The van der Waals surface area contributed by atoms with Crippen molar-refractivity contribution in [1.29, 1.82) is 0 Å². The van der Waals surface area contributed by atoms with E-state index in [0.717, 1.165) is 31.6 Å². The summed E-state index contributed by atoms with van der Waals surface area (Å²) >= 11 is 0. The number of hydrogen-bond donors (Lipinski definition) is 3. The molecule has 1 aliphatic rings. The summed E-state index contributed by atoms with van der Waals surface area (Å²) in [4.78, 5) is 4.13. The molecule has 4 N–H and O–H groups in total. The summed E-state index contributed by atoms with van der Waals surface area (Å²) in [5, 5.41) is 15.1. The predicted octanol–water partition coefficient (Wildman–Crippen LogP) is 0.835. The van der Waals surface area contributed by atoms with E-state index in [0.29, 0.717) is 12.2 Å². The van der Waals surface area contributed by atoms with Crippen molar-refractivity contribution in [3.63, 3.8) is 0 Å². The van der Waals surface area contributed by atoms with Crippen molar-refractivity contribution in [3.8, 4) is 0 Å². The van der Waals surface area contributed by atoms with Crippen LogP contribution in [-0.4, -0.2) is 35.3 Å². The fraction of sp³-hybridized carbons (Fsp3) is 0.538. The Morgan fingerprint density at radius 2 is 2.47 bits per heavy atom. The number of aromatic nitrogens is 1. The average molecular weight is 264 g/mol. The number of nitrogens with two attached hydrogens (primary N) is 1. The van der Waals surface area contributed by atoms with Crippen LogP contribution in [0.5, 0.6) is 0 Å². The van der Waals surface area contributed by atoms with Gasteiger partial charge < -0.3 is 21.0 Å². The molecule has 1 fully saturated rings. The van der Waals surface area contributed by atoms with Crippen LogP contribution in [0.2, 0.25) is 0 Å². The van der Waals surface area contributed by atoms with Gasteiger partial charge in [0.1, 0.15) is 5.69 Å². The third-order valence-corrected chi connectivity index (χ3v) is 3.20. The van der Waals surface area contributed by atoms with Crippen LogP contribution in [0.1, 0.15) is 30.5 Å². The highest BCUT2D eigenvalue weighted by Gasteiger charge is 2.14. The predicted molar refractivity (Wildman–Crippen MR) is 72.0 cm³/mol. The molecule has 0 spiro atoms. The second kappa shape index (κ2) is 7.06. The van der Waals surface area contributed by atoms with Gasteiger partial charge in [0, 0.05) is 25.9 Å². The van der Waals surface area contributed by atoms with Gasteiger partial charge in [-0.1, -0.05) is 11.2 Å². The molecule has 2 heterocycles. The van der Waals surface area contributed by atoms with Gasteiger partial charge in [0.15, 0.2) is 5.84 Å². The molecule has 1 saturated heterocycles. The van der Waals surface area contributed by atoms with Crippen LogP contribution in [0.4, 0.5) is 0 Å². The lowest BCUT2D eigenvalue weighted by atomic mass is 10.1. The summed E-state index contributed by atoms with van der Waals surface area (Å²) in [6.45, 7) is 2.29. The van der Waals surface area contributed by atoms with Crippen LogP contribution < -0.4 is 11.1 Å². The van der Waals surface area contributed by atoms with E-state index in [1.165, 1.54) is 6.42 Å². The first-order valence-electron chi connectivity index (χ1n) is 6.55. The number of oxime groups is 1. The summed E-state index contributed by atoms with van der Waals surface area (Å²) < 4.78 is 5.65. The Bertz CT molecular complexity index is 430. The summed E-state index contributed by atoms with van der Waals surface area (Å²) in [5.74, 6) is 0.0336. The van der Waals surface area contributed by atoms with E-state index in [-0.39, 0.29) is 11.9 Å². The van der Waals surface area contributed by atoms with Crippen LogP contribution in [0.15, 0.2) is 23.5 Å². The molecule has 0 aliphatic carbocycles. The second-order valence-electron chi connectivity index (χ2n) is 4.62. The molecule has 0 amide bonds. The average Bonchev–Trinajstić information content (AvgIpc) is 2.48. The molecule has 1 aromatic heterocycles. The fourth-order valence-corrected chi connectivity index (χ4v) is 2.20. The number of hydrogen-bond acceptors (Lipinski definition) is 5. The van der Waals surface area contributed by atoms with E-state index in [1.807, 2.05) is 12.1 Å². The highest BCUT2D eigenvalue weighted by atomic mass is 16.5. The SMILES string of the molecule is NC(=NO)c1ncccc1CNCC1CCCCO1. The second-order valence-corrected chi connectivity index (χ2v) is 4.62. The minimum absolute atomic E-state index is 0.0336. The lowest BCUT2D eigenvalue weighted by molar-refractivity contribution is 0.0168. The van der Waals surface area contributed by atoms with Gasteiger partial charge in [0.25, 0.3) is 0 Å². The first-order chi connectivity index (χ1) is 9.31. The van der Waals surface area contributed by atoms with Crippen molar-refractivity contribution >= 4 is 5.84 Å². The molecule has 6 nitrogen and oxygen atoms in total. The van der Waals surface area contributed by atoms with Crippen molar-refractivity contribution in [2.75, 3.05) is 13.2 Å². The van der Waals surface area contributed by atoms with Crippen molar-refractivity contribution in [3.05, 3.63) is 29.6 Å². The standard InChI is InChI=1S/C13H20N4O2/c14-13(17-18)12-10(4-3-6-16-12)8-15-9-11-5-1-2-7-19-11/h3-4,6,11,15,18H,1-2,5,7-9H2,(H2,14,17). The van der Waals surface area contributed by atoms with Gasteiger partial charge in [0.05, 0.1) is 6.10 Å². The zero-order chi connectivity index (χ0) is 13.5. The molecule has 104 valence electrons. The van der Waals surface area contributed by atoms with E-state index < -0.39 is 0 Å². The number of nitrogens with zero attached hydrogens (tertiary/aromatic N) is 2. The summed E-state index contributed by atoms with van der Waals surface area (Å²) in [6, 6.07) is 3.75. The van der Waals surface area contributed by atoms with Crippen LogP contribution in [0.25, 0.3) is 0 Å². The lowest BCUT2D eigenvalue weighted by Crippen LogP contribution is -2.32. The normalized spacial score (nSPS) is 20.4. The van der Waals surface area contributed by atoms with Crippen molar-refractivity contribution in [2.45, 2.75) is 31.9 Å². The molecule has 0 saturated carbocycles. The minimum atomic E-state index is 0.0336. The Kier molecular flexibility index (Phi) is 5.11. The molecule has 19 heavy (non-hydrogen) atoms. The number of amidine groups is 1. The molecule has 6 heteroatoms. The molecule has 1 unspecified atom stereocenters. The Morgan fingerprint density at radius 3 is 3.21 bits per heavy atom. The lowest BCUT2D eigenvalue weighted by Gasteiger charge is -2.23. The maximum Gasteiger partial charge on any atom is 0.189 e. The number of pyridine rings is 1. The highest BCUT2D eigenvalue weighted by Crippen LogP contribution is 2.12. The quantitative estimate of drug-likeness (QED) is 0.317. The van der Waals surface area contributed by atoms with Gasteiger partial charge in [-0.3, -0.25) is 4.98 Å². The number of nitrogens with one attached hydrogen (secondary N) is 1. The summed E-state index contributed by atoms with van der Waals surface area (Å²) in [5.41, 5.74) is 7.02. The van der Waals surface area contributed by atoms with Crippen LogP contribution in [0, 0.1) is 0 Å². The smallest absolute Gasteiger partial charge is 0.189 e. The zero-order valence-electron chi connectivity index (χ0n) is 10.9. The molecule has 0 aromatic carbocycles. The Labute approximate surface area is 112 Å². The van der Waals surface area contributed by atoms with E-state index in [2.05, 4.69) is 15.5 Å². The zero-order valence-corrected chi connectivity index (χ0v) is 10.9. The molecule has 1 atom stereocenters. The molecular weight excluding hydrogens is 244 g/mol. The Hall–Kier alpha value is -1.66. The first-order valence-corrected chi connectivity index (χ1v) is 6.55. The van der Waals surface area contributed by atoms with Crippen LogP contribution in [-0.2, 0) is 11.3 Å². The highest BCUT2D eigenvalue weighted by molar-refractivity contribution is 5.96. The fourth-order valence-electron chi connectivity index (χ4n) is 2.20. The minimum Gasteiger partial charge on any atom is -0.409 e. The van der Waals surface area contributed by atoms with Gasteiger partial charge in [-0.05, 0) is 30.9 Å². The molecular formula is C13H20N4O2. The number of rotatable bonds is 5. The Balaban J connectivity index is 1.88. The maximum absolute atomic E-state index is 8.72. The molecule has 0 bridgehead atoms. The van der Waals surface area contributed by atoms with E-state index in [1.54, 1.807) is 6.20 Å². The first kappa shape index (κ1) is 13.8. The third-order valence-electron chi connectivity index (χ3n) is 3.20. The van der Waals surface area contributed by atoms with Crippen molar-refractivity contribution in [2.24, 2.45) is 10.9 Å². The largest absolute Gasteiger partial charge is 0.409 e. The maximum atomic E-state index is 8.72. The Morgan fingerprint density at radius 1 is 1.58 bits per heavy atom. The van der Waals surface area contributed by atoms with E-state index in [9.17, 15) is 0 Å². The molecule has 2 rings (SSSR count). The number of ether oxygens (including phenoxy) is 1. The third kappa shape index (κ3) is 3.90. The van der Waals surface area contributed by atoms with E-state index >= 15 is 0 Å². The van der Waals surface area contributed by atoms with Crippen LogP contribution in [0.3, 0.4) is 0 Å².